The molecule has 1 heterocycles. The maximum atomic E-state index is 12.7. The highest BCUT2D eigenvalue weighted by Gasteiger charge is 2.33. The molecule has 0 spiro atoms. The molecule has 0 saturated heterocycles. The fraction of sp³-hybridized carbons (Fsp3) is 0.182. The first-order chi connectivity index (χ1) is 8.34. The smallest absolute Gasteiger partial charge is 0.323 e. The lowest BCUT2D eigenvalue weighted by Gasteiger charge is -2.13. The molecule has 0 aliphatic carbocycles. The first-order valence-corrected chi connectivity index (χ1v) is 5.77. The number of anilines is 1. The second-order valence-electron chi connectivity index (χ2n) is 3.79. The Kier molecular flexibility index (Phi) is 3.20. The Labute approximate surface area is 109 Å². The van der Waals surface area contributed by atoms with Gasteiger partial charge in [-0.05, 0) is 24.6 Å². The lowest BCUT2D eigenvalue weighted by molar-refractivity contribution is -0.140. The molecule has 7 heteroatoms. The van der Waals surface area contributed by atoms with E-state index in [1.807, 2.05) is 0 Å². The van der Waals surface area contributed by atoms with Gasteiger partial charge in [-0.15, -0.1) is 0 Å². The lowest BCUT2D eigenvalue weighted by atomic mass is 10.1. The van der Waals surface area contributed by atoms with Gasteiger partial charge in [-0.25, -0.2) is 4.98 Å². The third-order valence-electron chi connectivity index (χ3n) is 2.56. The van der Waals surface area contributed by atoms with E-state index in [9.17, 15) is 13.2 Å². The van der Waals surface area contributed by atoms with E-state index in [0.29, 0.717) is 15.4 Å². The summed E-state index contributed by atoms with van der Waals surface area (Å²) in [5.74, 6) is 5.28. The summed E-state index contributed by atoms with van der Waals surface area (Å²) in [6.07, 6.45) is -4.51. The number of nitrogens with one attached hydrogen (secondary N) is 1. The predicted molar refractivity (Wildman–Crippen MR) is 67.0 cm³/mol. The number of aromatic nitrogens is 1. The first kappa shape index (κ1) is 13.1. The Bertz CT molecular complexity index is 610. The number of alkyl halides is 3. The molecule has 0 atom stereocenters. The van der Waals surface area contributed by atoms with E-state index >= 15 is 0 Å². The zero-order valence-corrected chi connectivity index (χ0v) is 10.9. The van der Waals surface area contributed by atoms with E-state index in [1.165, 1.54) is 0 Å². The van der Waals surface area contributed by atoms with E-state index in [4.69, 9.17) is 5.84 Å². The van der Waals surface area contributed by atoms with Gasteiger partial charge in [-0.1, -0.05) is 22.0 Å². The van der Waals surface area contributed by atoms with Gasteiger partial charge in [-0.2, -0.15) is 13.2 Å². The average Bonchev–Trinajstić information content (AvgIpc) is 2.31. The number of benzene rings is 1. The number of fused-ring (bicyclic) bond motifs is 1. The minimum atomic E-state index is -4.51. The number of hydrogen-bond donors (Lipinski definition) is 2. The van der Waals surface area contributed by atoms with Gasteiger partial charge in [0.1, 0.15) is 5.69 Å². The Balaban J connectivity index is 2.88. The van der Waals surface area contributed by atoms with Crippen molar-refractivity contribution in [2.45, 2.75) is 13.1 Å². The largest absolute Gasteiger partial charge is 0.433 e. The summed E-state index contributed by atoms with van der Waals surface area (Å²) in [6.45, 7) is 1.70. The highest BCUT2D eigenvalue weighted by Crippen LogP contribution is 2.36. The molecule has 0 amide bonds. The van der Waals surface area contributed by atoms with Crippen molar-refractivity contribution in [3.63, 3.8) is 0 Å². The predicted octanol–water partition coefficient (Wildman–Crippen LogP) is 3.61. The maximum Gasteiger partial charge on any atom is 0.433 e. The normalized spacial score (nSPS) is 11.9. The minimum absolute atomic E-state index is 0.183. The number of rotatable bonds is 1. The van der Waals surface area contributed by atoms with Gasteiger partial charge in [0.15, 0.2) is 0 Å². The second-order valence-corrected chi connectivity index (χ2v) is 4.64. The molecule has 1 aromatic heterocycles. The molecular formula is C11H9BrF3N3. The molecule has 0 unspecified atom stereocenters. The molecule has 2 aromatic rings. The van der Waals surface area contributed by atoms with E-state index < -0.39 is 11.9 Å². The van der Waals surface area contributed by atoms with Gasteiger partial charge in [-0.3, -0.25) is 5.84 Å². The maximum absolute atomic E-state index is 12.7. The summed E-state index contributed by atoms with van der Waals surface area (Å²) in [5.41, 5.74) is 2.41. The molecule has 2 rings (SSSR count). The number of hydrogen-bond acceptors (Lipinski definition) is 3. The van der Waals surface area contributed by atoms with E-state index in [-0.39, 0.29) is 11.2 Å². The highest BCUT2D eigenvalue weighted by molar-refractivity contribution is 9.10. The quantitative estimate of drug-likeness (QED) is 0.623. The van der Waals surface area contributed by atoms with E-state index in [0.717, 1.165) is 6.07 Å². The van der Waals surface area contributed by atoms with Crippen LogP contribution >= 0.6 is 15.9 Å². The van der Waals surface area contributed by atoms with Gasteiger partial charge in [0.2, 0.25) is 0 Å². The van der Waals surface area contributed by atoms with E-state index in [2.05, 4.69) is 26.3 Å². The van der Waals surface area contributed by atoms with Crippen LogP contribution in [0.2, 0.25) is 0 Å². The summed E-state index contributed by atoms with van der Waals surface area (Å²) >= 11 is 3.28. The molecule has 3 nitrogen and oxygen atoms in total. The van der Waals surface area contributed by atoms with Crippen LogP contribution in [0.3, 0.4) is 0 Å². The Hall–Kier alpha value is -1.34. The topological polar surface area (TPSA) is 50.9 Å². The Morgan fingerprint density at radius 2 is 2.00 bits per heavy atom. The fourth-order valence-corrected chi connectivity index (χ4v) is 2.23. The zero-order chi connectivity index (χ0) is 13.5. The van der Waals surface area contributed by atoms with Crippen molar-refractivity contribution in [1.82, 2.24) is 4.98 Å². The number of hydrazine groups is 1. The van der Waals surface area contributed by atoms with Gasteiger partial charge < -0.3 is 5.43 Å². The molecule has 0 aliphatic rings. The molecule has 0 radical (unpaired) electrons. The van der Waals surface area contributed by atoms with Gasteiger partial charge in [0.25, 0.3) is 0 Å². The highest BCUT2D eigenvalue weighted by atomic mass is 79.9. The molecule has 0 saturated carbocycles. The first-order valence-electron chi connectivity index (χ1n) is 4.98. The van der Waals surface area contributed by atoms with Crippen LogP contribution in [-0.4, -0.2) is 4.98 Å². The monoisotopic (exact) mass is 319 g/mol. The Morgan fingerprint density at radius 1 is 1.33 bits per heavy atom. The summed E-state index contributed by atoms with van der Waals surface area (Å²) in [7, 11) is 0. The average molecular weight is 320 g/mol. The number of nitrogens with two attached hydrogens (primary N) is 1. The molecule has 0 bridgehead atoms. The van der Waals surface area contributed by atoms with E-state index in [1.54, 1.807) is 19.1 Å². The summed E-state index contributed by atoms with van der Waals surface area (Å²) < 4.78 is 38.8. The van der Waals surface area contributed by atoms with Crippen molar-refractivity contribution in [2.75, 3.05) is 5.43 Å². The molecule has 0 fully saturated rings. The summed E-state index contributed by atoms with van der Waals surface area (Å²) in [4.78, 5) is 3.66. The van der Waals surface area contributed by atoms with Crippen molar-refractivity contribution in [1.29, 1.82) is 0 Å². The fourth-order valence-electron chi connectivity index (χ4n) is 1.69. The van der Waals surface area contributed by atoms with Crippen molar-refractivity contribution < 1.29 is 13.2 Å². The molecule has 1 aromatic carbocycles. The van der Waals surface area contributed by atoms with Crippen molar-refractivity contribution in [2.24, 2.45) is 5.84 Å². The zero-order valence-electron chi connectivity index (χ0n) is 9.27. The van der Waals surface area contributed by atoms with Crippen molar-refractivity contribution in [3.05, 3.63) is 33.9 Å². The van der Waals surface area contributed by atoms with Crippen LogP contribution in [-0.2, 0) is 6.18 Å². The Morgan fingerprint density at radius 3 is 2.56 bits per heavy atom. The van der Waals surface area contributed by atoms with Crippen LogP contribution in [0.1, 0.15) is 11.3 Å². The SMILES string of the molecule is Cc1ccc(Br)c2c(NN)cc(C(F)(F)F)nc12. The number of halogens is 4. The molecule has 3 N–H and O–H groups in total. The second kappa shape index (κ2) is 4.40. The van der Waals surface area contributed by atoms with Crippen molar-refractivity contribution >= 4 is 32.5 Å². The van der Waals surface area contributed by atoms with Crippen LogP contribution in [0.5, 0.6) is 0 Å². The summed E-state index contributed by atoms with van der Waals surface area (Å²) in [6, 6.07) is 4.33. The van der Waals surface area contributed by atoms with Crippen LogP contribution in [0.25, 0.3) is 10.9 Å². The number of nitrogen functional groups attached to an aromatic ring is 1. The van der Waals surface area contributed by atoms with Gasteiger partial charge in [0, 0.05) is 9.86 Å². The minimum Gasteiger partial charge on any atom is -0.323 e. The third-order valence-corrected chi connectivity index (χ3v) is 3.22. The molecular weight excluding hydrogens is 311 g/mol. The summed E-state index contributed by atoms with van der Waals surface area (Å²) in [5, 5.41) is 0.533. The van der Waals surface area contributed by atoms with Gasteiger partial charge >= 0.3 is 6.18 Å². The van der Waals surface area contributed by atoms with Crippen LogP contribution < -0.4 is 11.3 Å². The third kappa shape index (κ3) is 2.15. The molecule has 0 aliphatic heterocycles. The number of aryl methyl sites for hydroxylation is 1. The number of nitrogens with zero attached hydrogens (tertiary/aromatic N) is 1. The molecule has 18 heavy (non-hydrogen) atoms. The van der Waals surface area contributed by atoms with Crippen LogP contribution in [0.15, 0.2) is 22.7 Å². The van der Waals surface area contributed by atoms with Crippen LogP contribution in [0.4, 0.5) is 18.9 Å². The lowest BCUT2D eigenvalue weighted by Crippen LogP contribution is -2.13. The number of pyridine rings is 1. The molecule has 96 valence electrons. The van der Waals surface area contributed by atoms with Crippen LogP contribution in [0, 0.1) is 6.92 Å². The van der Waals surface area contributed by atoms with Crippen molar-refractivity contribution in [3.8, 4) is 0 Å². The van der Waals surface area contributed by atoms with Gasteiger partial charge in [0.05, 0.1) is 11.2 Å². The standard InChI is InChI=1S/C11H9BrF3N3/c1-5-2-3-6(12)9-7(18-16)4-8(11(13,14)15)17-10(5)9/h2-4H,16H2,1H3,(H,17,18).